The molecule has 1 aromatic carbocycles. The van der Waals surface area contributed by atoms with E-state index in [2.05, 4.69) is 21.2 Å². The molecule has 1 amide bonds. The number of halogens is 1. The maximum Gasteiger partial charge on any atom is 0.234 e. The van der Waals surface area contributed by atoms with E-state index in [1.807, 2.05) is 31.2 Å². The lowest BCUT2D eigenvalue weighted by atomic mass is 10.1. The Morgan fingerprint density at radius 2 is 2.00 bits per heavy atom. The number of amides is 1. The Labute approximate surface area is 116 Å². The van der Waals surface area contributed by atoms with Gasteiger partial charge in [0.15, 0.2) is 0 Å². The van der Waals surface area contributed by atoms with Gasteiger partial charge in [-0.2, -0.15) is 0 Å². The van der Waals surface area contributed by atoms with Crippen molar-refractivity contribution in [3.05, 3.63) is 34.3 Å². The van der Waals surface area contributed by atoms with E-state index in [0.717, 1.165) is 16.5 Å². The molecule has 0 aromatic heterocycles. The molecular weight excluding hydrogens is 294 g/mol. The highest BCUT2D eigenvalue weighted by Crippen LogP contribution is 2.17. The highest BCUT2D eigenvalue weighted by molar-refractivity contribution is 9.10. The van der Waals surface area contributed by atoms with Gasteiger partial charge in [0.25, 0.3) is 0 Å². The smallest absolute Gasteiger partial charge is 0.234 e. The lowest BCUT2D eigenvalue weighted by Crippen LogP contribution is -2.42. The van der Waals surface area contributed by atoms with Gasteiger partial charge in [0.2, 0.25) is 5.91 Å². The van der Waals surface area contributed by atoms with Gasteiger partial charge in [-0.3, -0.25) is 10.1 Å². The van der Waals surface area contributed by atoms with Gasteiger partial charge in [-0.25, -0.2) is 0 Å². The largest absolute Gasteiger partial charge is 0.368 e. The molecule has 0 fully saturated rings. The Balaban J connectivity index is 2.62. The number of nitrogens with two attached hydrogens (primary N) is 2. The Morgan fingerprint density at radius 3 is 2.50 bits per heavy atom. The van der Waals surface area contributed by atoms with Crippen molar-refractivity contribution in [3.8, 4) is 0 Å². The van der Waals surface area contributed by atoms with Crippen LogP contribution < -0.4 is 16.8 Å². The maximum absolute atomic E-state index is 11.3. The van der Waals surface area contributed by atoms with Crippen LogP contribution in [-0.2, 0) is 4.79 Å². The molecule has 5 heteroatoms. The minimum Gasteiger partial charge on any atom is -0.368 e. The van der Waals surface area contributed by atoms with Crippen LogP contribution in [0.4, 0.5) is 0 Å². The number of primary amides is 1. The number of carbonyl (C=O) groups excluding carboxylic acids is 1. The SMILES string of the molecule is CC(NC(CCCN)C(N)=O)c1ccc(Br)cc1. The molecule has 0 radical (unpaired) electrons. The third-order valence-corrected chi connectivity index (χ3v) is 3.39. The molecule has 0 aliphatic carbocycles. The van der Waals surface area contributed by atoms with E-state index in [4.69, 9.17) is 11.5 Å². The molecule has 0 aliphatic heterocycles. The van der Waals surface area contributed by atoms with Crippen LogP contribution in [0.15, 0.2) is 28.7 Å². The highest BCUT2D eigenvalue weighted by Gasteiger charge is 2.17. The first-order valence-corrected chi connectivity index (χ1v) is 6.84. The Bertz CT molecular complexity index is 380. The van der Waals surface area contributed by atoms with Gasteiger partial charge in [-0.15, -0.1) is 0 Å². The van der Waals surface area contributed by atoms with E-state index in [9.17, 15) is 4.79 Å². The molecule has 0 aliphatic rings. The van der Waals surface area contributed by atoms with Crippen molar-refractivity contribution in [1.82, 2.24) is 5.32 Å². The second-order valence-electron chi connectivity index (χ2n) is 4.33. The van der Waals surface area contributed by atoms with Gasteiger partial charge < -0.3 is 11.5 Å². The van der Waals surface area contributed by atoms with Crippen LogP contribution in [0.2, 0.25) is 0 Å². The van der Waals surface area contributed by atoms with E-state index >= 15 is 0 Å². The molecule has 2 unspecified atom stereocenters. The lowest BCUT2D eigenvalue weighted by Gasteiger charge is -2.21. The summed E-state index contributed by atoms with van der Waals surface area (Å²) in [5.74, 6) is -0.326. The van der Waals surface area contributed by atoms with Crippen LogP contribution >= 0.6 is 15.9 Å². The van der Waals surface area contributed by atoms with E-state index in [1.54, 1.807) is 0 Å². The minimum atomic E-state index is -0.327. The first-order chi connectivity index (χ1) is 8.54. The zero-order valence-corrected chi connectivity index (χ0v) is 12.1. The predicted molar refractivity (Wildman–Crippen MR) is 77.0 cm³/mol. The van der Waals surface area contributed by atoms with Gasteiger partial charge in [0.05, 0.1) is 6.04 Å². The molecule has 5 N–H and O–H groups in total. The van der Waals surface area contributed by atoms with E-state index in [-0.39, 0.29) is 18.0 Å². The zero-order chi connectivity index (χ0) is 13.5. The van der Waals surface area contributed by atoms with Gasteiger partial charge in [-0.05, 0) is 44.0 Å². The molecule has 0 bridgehead atoms. The summed E-state index contributed by atoms with van der Waals surface area (Å²) in [4.78, 5) is 11.3. The molecule has 0 heterocycles. The first kappa shape index (κ1) is 15.1. The van der Waals surface area contributed by atoms with Crippen LogP contribution in [0.5, 0.6) is 0 Å². The normalized spacial score (nSPS) is 14.2. The van der Waals surface area contributed by atoms with Gasteiger partial charge >= 0.3 is 0 Å². The number of benzene rings is 1. The summed E-state index contributed by atoms with van der Waals surface area (Å²) in [7, 11) is 0. The summed E-state index contributed by atoms with van der Waals surface area (Å²) in [6.45, 7) is 2.58. The van der Waals surface area contributed by atoms with Gasteiger partial charge in [-0.1, -0.05) is 28.1 Å². The molecule has 0 spiro atoms. The predicted octanol–water partition coefficient (Wildman–Crippen LogP) is 1.69. The highest BCUT2D eigenvalue weighted by atomic mass is 79.9. The minimum absolute atomic E-state index is 0.0772. The summed E-state index contributed by atoms with van der Waals surface area (Å²) in [5.41, 5.74) is 12.0. The monoisotopic (exact) mass is 313 g/mol. The molecule has 100 valence electrons. The fourth-order valence-corrected chi connectivity index (χ4v) is 2.04. The summed E-state index contributed by atoms with van der Waals surface area (Å²) in [6.07, 6.45) is 1.46. The van der Waals surface area contributed by atoms with Crippen molar-refractivity contribution in [2.45, 2.75) is 31.8 Å². The number of rotatable bonds is 7. The van der Waals surface area contributed by atoms with Crippen molar-refractivity contribution >= 4 is 21.8 Å². The van der Waals surface area contributed by atoms with Gasteiger partial charge in [0, 0.05) is 10.5 Å². The second kappa shape index (κ2) is 7.51. The number of hydrogen-bond donors (Lipinski definition) is 3. The Kier molecular flexibility index (Phi) is 6.32. The standard InChI is InChI=1S/C13H20BrN3O/c1-9(10-4-6-11(14)7-5-10)17-12(13(16)18)3-2-8-15/h4-7,9,12,17H,2-3,8,15H2,1H3,(H2,16,18). The third-order valence-electron chi connectivity index (χ3n) is 2.86. The van der Waals surface area contributed by atoms with E-state index in [0.29, 0.717) is 13.0 Å². The van der Waals surface area contributed by atoms with Gasteiger partial charge in [0.1, 0.15) is 0 Å². The third kappa shape index (κ3) is 4.76. The Morgan fingerprint density at radius 1 is 1.39 bits per heavy atom. The van der Waals surface area contributed by atoms with Crippen molar-refractivity contribution in [3.63, 3.8) is 0 Å². The van der Waals surface area contributed by atoms with Crippen molar-refractivity contribution < 1.29 is 4.79 Å². The summed E-state index contributed by atoms with van der Waals surface area (Å²) in [6, 6.07) is 7.74. The molecule has 2 atom stereocenters. The van der Waals surface area contributed by atoms with Crippen LogP contribution in [0.3, 0.4) is 0 Å². The molecule has 1 rings (SSSR count). The molecule has 1 aromatic rings. The fraction of sp³-hybridized carbons (Fsp3) is 0.462. The fourth-order valence-electron chi connectivity index (χ4n) is 1.78. The van der Waals surface area contributed by atoms with Crippen molar-refractivity contribution in [2.75, 3.05) is 6.54 Å². The average molecular weight is 314 g/mol. The average Bonchev–Trinajstić information content (AvgIpc) is 2.34. The number of hydrogen-bond acceptors (Lipinski definition) is 3. The maximum atomic E-state index is 11.3. The molecular formula is C13H20BrN3O. The number of nitrogens with one attached hydrogen (secondary N) is 1. The topological polar surface area (TPSA) is 81.1 Å². The molecule has 0 saturated heterocycles. The van der Waals surface area contributed by atoms with E-state index < -0.39 is 0 Å². The quantitative estimate of drug-likeness (QED) is 0.716. The lowest BCUT2D eigenvalue weighted by molar-refractivity contribution is -0.120. The number of carbonyl (C=O) groups is 1. The summed E-state index contributed by atoms with van der Waals surface area (Å²) < 4.78 is 1.04. The summed E-state index contributed by atoms with van der Waals surface area (Å²) in [5, 5.41) is 3.24. The molecule has 4 nitrogen and oxygen atoms in total. The second-order valence-corrected chi connectivity index (χ2v) is 5.24. The van der Waals surface area contributed by atoms with Crippen LogP contribution in [0.1, 0.15) is 31.4 Å². The molecule has 18 heavy (non-hydrogen) atoms. The van der Waals surface area contributed by atoms with Crippen LogP contribution in [-0.4, -0.2) is 18.5 Å². The van der Waals surface area contributed by atoms with Crippen molar-refractivity contribution in [1.29, 1.82) is 0 Å². The van der Waals surface area contributed by atoms with Crippen molar-refractivity contribution in [2.24, 2.45) is 11.5 Å². The van der Waals surface area contributed by atoms with Crippen LogP contribution in [0.25, 0.3) is 0 Å². The summed E-state index contributed by atoms with van der Waals surface area (Å²) >= 11 is 3.39. The molecule has 0 saturated carbocycles. The first-order valence-electron chi connectivity index (χ1n) is 6.05. The van der Waals surface area contributed by atoms with E-state index in [1.165, 1.54) is 0 Å². The van der Waals surface area contributed by atoms with Crippen LogP contribution in [0, 0.1) is 0 Å². The zero-order valence-electron chi connectivity index (χ0n) is 10.5. The Hall–Kier alpha value is -0.910.